The van der Waals surface area contributed by atoms with Crippen molar-refractivity contribution in [3.63, 3.8) is 0 Å². The summed E-state index contributed by atoms with van der Waals surface area (Å²) >= 11 is 0. The summed E-state index contributed by atoms with van der Waals surface area (Å²) in [5, 5.41) is 0. The Morgan fingerprint density at radius 1 is 0.720 bits per heavy atom. The number of rotatable bonds is 10. The fourth-order valence-electron chi connectivity index (χ4n) is 3.51. The highest BCUT2D eigenvalue weighted by molar-refractivity contribution is 7.89. The molecule has 2 atom stereocenters. The number of nitrogens with zero attached hydrogens (tertiary/aromatic N) is 2. The Hall–Kier alpha value is -0.180. The van der Waals surface area contributed by atoms with Crippen molar-refractivity contribution in [3.8, 4) is 0 Å². The van der Waals surface area contributed by atoms with E-state index in [0.29, 0.717) is 19.5 Å². The Kier molecular flexibility index (Phi) is 9.36. The van der Waals surface area contributed by atoms with Crippen LogP contribution < -0.4 is 0 Å². The van der Waals surface area contributed by atoms with E-state index in [1.165, 1.54) is 8.61 Å². The van der Waals surface area contributed by atoms with Gasteiger partial charge in [-0.15, -0.1) is 0 Å². The first-order chi connectivity index (χ1) is 11.6. The summed E-state index contributed by atoms with van der Waals surface area (Å²) in [4.78, 5) is 0. The van der Waals surface area contributed by atoms with Crippen LogP contribution in [0.15, 0.2) is 0 Å². The van der Waals surface area contributed by atoms with E-state index in [1.54, 1.807) is 0 Å². The first-order valence-electron chi connectivity index (χ1n) is 9.58. The monoisotopic (exact) mass is 396 g/mol. The van der Waals surface area contributed by atoms with Crippen LogP contribution in [-0.4, -0.2) is 63.1 Å². The third kappa shape index (κ3) is 7.53. The van der Waals surface area contributed by atoms with Crippen LogP contribution in [0.3, 0.4) is 0 Å². The molecule has 1 rings (SSSR count). The van der Waals surface area contributed by atoms with Crippen molar-refractivity contribution in [2.75, 3.05) is 37.7 Å². The van der Waals surface area contributed by atoms with E-state index in [1.807, 2.05) is 13.8 Å². The average Bonchev–Trinajstić information content (AvgIpc) is 2.73. The normalized spacial score (nSPS) is 21.0. The highest BCUT2D eigenvalue weighted by atomic mass is 32.2. The maximum Gasteiger partial charge on any atom is 0.214 e. The molecule has 0 amide bonds. The third-order valence-corrected chi connectivity index (χ3v) is 9.04. The largest absolute Gasteiger partial charge is 0.214 e. The van der Waals surface area contributed by atoms with E-state index < -0.39 is 20.0 Å². The predicted molar refractivity (Wildman–Crippen MR) is 103 cm³/mol. The zero-order chi connectivity index (χ0) is 19.1. The lowest BCUT2D eigenvalue weighted by molar-refractivity contribution is 0.396. The molecule has 1 aliphatic rings. The van der Waals surface area contributed by atoms with Gasteiger partial charge in [-0.1, -0.05) is 40.5 Å². The maximum absolute atomic E-state index is 12.6. The van der Waals surface area contributed by atoms with Gasteiger partial charge in [0.2, 0.25) is 20.0 Å². The van der Waals surface area contributed by atoms with Crippen molar-refractivity contribution < 1.29 is 16.8 Å². The number of hydrogen-bond acceptors (Lipinski definition) is 4. The fraction of sp³-hybridized carbons (Fsp3) is 1.00. The molecule has 0 saturated carbocycles. The molecular formula is C17H36N2O4S2. The summed E-state index contributed by atoms with van der Waals surface area (Å²) in [6.07, 6.45) is 4.28. The second kappa shape index (κ2) is 10.2. The molecule has 1 fully saturated rings. The lowest BCUT2D eigenvalue weighted by atomic mass is 10.1. The Balaban J connectivity index is 2.69. The molecule has 2 unspecified atom stereocenters. The van der Waals surface area contributed by atoms with Gasteiger partial charge in [0.15, 0.2) is 0 Å². The second-order valence-electron chi connectivity index (χ2n) is 7.50. The minimum Gasteiger partial charge on any atom is -0.212 e. The maximum atomic E-state index is 12.6. The van der Waals surface area contributed by atoms with Crippen molar-refractivity contribution >= 4 is 20.0 Å². The molecule has 6 nitrogen and oxygen atoms in total. The standard InChI is InChI=1S/C17H36N2O4S2/c1-5-8-16(3)14-24(20,21)18-10-7-11-19(13-12-18)25(22,23)15-17(4)9-6-2/h16-17H,5-15H2,1-4H3. The molecule has 1 saturated heterocycles. The molecule has 0 radical (unpaired) electrons. The molecule has 1 heterocycles. The Morgan fingerprint density at radius 2 is 1.08 bits per heavy atom. The van der Waals surface area contributed by atoms with Crippen LogP contribution in [0.25, 0.3) is 0 Å². The summed E-state index contributed by atoms with van der Waals surface area (Å²) in [6.45, 7) is 9.39. The van der Waals surface area contributed by atoms with Gasteiger partial charge in [0.1, 0.15) is 0 Å². The molecule has 0 N–H and O–H groups in total. The molecular weight excluding hydrogens is 360 g/mol. The van der Waals surface area contributed by atoms with Crippen LogP contribution in [0.1, 0.15) is 59.8 Å². The molecule has 0 aliphatic carbocycles. The van der Waals surface area contributed by atoms with Gasteiger partial charge >= 0.3 is 0 Å². The Morgan fingerprint density at radius 3 is 1.40 bits per heavy atom. The zero-order valence-corrected chi connectivity index (χ0v) is 17.9. The average molecular weight is 397 g/mol. The zero-order valence-electron chi connectivity index (χ0n) is 16.3. The van der Waals surface area contributed by atoms with Crippen molar-refractivity contribution in [3.05, 3.63) is 0 Å². The molecule has 0 bridgehead atoms. The number of sulfonamides is 2. The minimum absolute atomic E-state index is 0.132. The second-order valence-corrected chi connectivity index (χ2v) is 11.5. The highest BCUT2D eigenvalue weighted by Gasteiger charge is 2.31. The van der Waals surface area contributed by atoms with Gasteiger partial charge in [-0.2, -0.15) is 0 Å². The van der Waals surface area contributed by atoms with E-state index >= 15 is 0 Å². The van der Waals surface area contributed by atoms with Crippen LogP contribution in [0.5, 0.6) is 0 Å². The first-order valence-corrected chi connectivity index (χ1v) is 12.8. The van der Waals surface area contributed by atoms with E-state index in [4.69, 9.17) is 0 Å². The quantitative estimate of drug-likeness (QED) is 0.569. The Bertz CT molecular complexity index is 538. The molecule has 25 heavy (non-hydrogen) atoms. The van der Waals surface area contributed by atoms with Crippen LogP contribution in [0.2, 0.25) is 0 Å². The van der Waals surface area contributed by atoms with E-state index in [-0.39, 0.29) is 36.4 Å². The van der Waals surface area contributed by atoms with Crippen molar-refractivity contribution in [2.24, 2.45) is 11.8 Å². The van der Waals surface area contributed by atoms with Gasteiger partial charge < -0.3 is 0 Å². The lowest BCUT2D eigenvalue weighted by Crippen LogP contribution is -2.40. The summed E-state index contributed by atoms with van der Waals surface area (Å²) < 4.78 is 53.4. The molecule has 8 heteroatoms. The first kappa shape index (κ1) is 22.9. The summed E-state index contributed by atoms with van der Waals surface area (Å²) in [5.41, 5.74) is 0. The smallest absolute Gasteiger partial charge is 0.212 e. The molecule has 0 spiro atoms. The van der Waals surface area contributed by atoms with Gasteiger partial charge in [0.25, 0.3) is 0 Å². The van der Waals surface area contributed by atoms with Crippen LogP contribution in [0.4, 0.5) is 0 Å². The van der Waals surface area contributed by atoms with E-state index in [0.717, 1.165) is 25.7 Å². The van der Waals surface area contributed by atoms with E-state index in [2.05, 4.69) is 13.8 Å². The molecule has 0 aromatic heterocycles. The van der Waals surface area contributed by atoms with Gasteiger partial charge in [-0.3, -0.25) is 0 Å². The summed E-state index contributed by atoms with van der Waals surface area (Å²) in [7, 11) is -6.63. The SMILES string of the molecule is CCCC(C)CS(=O)(=O)N1CCCN(S(=O)(=O)CC(C)CCC)CC1. The van der Waals surface area contributed by atoms with Crippen LogP contribution in [0, 0.1) is 11.8 Å². The van der Waals surface area contributed by atoms with Gasteiger partial charge in [0.05, 0.1) is 11.5 Å². The molecule has 1 aliphatic heterocycles. The summed E-state index contributed by atoms with van der Waals surface area (Å²) in [5.74, 6) is 0.573. The third-order valence-electron chi connectivity index (χ3n) is 4.75. The topological polar surface area (TPSA) is 74.8 Å². The van der Waals surface area contributed by atoms with Crippen molar-refractivity contribution in [2.45, 2.75) is 59.8 Å². The minimum atomic E-state index is -3.32. The van der Waals surface area contributed by atoms with Gasteiger partial charge in [0, 0.05) is 26.2 Å². The lowest BCUT2D eigenvalue weighted by Gasteiger charge is -2.24. The predicted octanol–water partition coefficient (Wildman–Crippen LogP) is 2.53. The van der Waals surface area contributed by atoms with Crippen molar-refractivity contribution in [1.29, 1.82) is 0 Å². The fourth-order valence-corrected chi connectivity index (χ4v) is 7.24. The van der Waals surface area contributed by atoms with E-state index in [9.17, 15) is 16.8 Å². The van der Waals surface area contributed by atoms with Crippen molar-refractivity contribution in [1.82, 2.24) is 8.61 Å². The molecule has 150 valence electrons. The van der Waals surface area contributed by atoms with Gasteiger partial charge in [-0.25, -0.2) is 25.4 Å². The van der Waals surface area contributed by atoms with Gasteiger partial charge in [-0.05, 0) is 31.1 Å². The molecule has 0 aromatic carbocycles. The number of hydrogen-bond donors (Lipinski definition) is 0. The Labute approximate surface area is 155 Å². The van der Waals surface area contributed by atoms with Crippen LogP contribution in [-0.2, 0) is 20.0 Å². The molecule has 0 aromatic rings. The van der Waals surface area contributed by atoms with Crippen LogP contribution >= 0.6 is 0 Å². The summed E-state index contributed by atoms with van der Waals surface area (Å²) in [6, 6.07) is 0. The highest BCUT2D eigenvalue weighted by Crippen LogP contribution is 2.18.